The third-order valence-electron chi connectivity index (χ3n) is 2.33. The normalized spacial score (nSPS) is 10.7. The molecule has 0 aromatic carbocycles. The van der Waals surface area contributed by atoms with Gasteiger partial charge in [-0.3, -0.25) is 0 Å². The van der Waals surface area contributed by atoms with E-state index in [0.717, 1.165) is 18.7 Å². The average Bonchev–Trinajstić information content (AvgIpc) is 2.61. The molecule has 1 aromatic rings. The Morgan fingerprint density at radius 3 is 2.93 bits per heavy atom. The van der Waals surface area contributed by atoms with E-state index >= 15 is 0 Å². The lowest BCUT2D eigenvalue weighted by molar-refractivity contribution is 0.578. The number of imidazole rings is 1. The third-order valence-corrected chi connectivity index (χ3v) is 2.65. The van der Waals surface area contributed by atoms with Gasteiger partial charge in [-0.25, -0.2) is 4.98 Å². The number of rotatable bonds is 7. The molecule has 0 radical (unpaired) electrons. The van der Waals surface area contributed by atoms with E-state index in [-0.39, 0.29) is 0 Å². The van der Waals surface area contributed by atoms with E-state index in [9.17, 15) is 0 Å². The second-order valence-electron chi connectivity index (χ2n) is 3.57. The fourth-order valence-electron chi connectivity index (χ4n) is 1.57. The number of nitrogens with zero attached hydrogens (tertiary/aromatic N) is 2. The zero-order valence-electron chi connectivity index (χ0n) is 8.95. The Morgan fingerprint density at radius 2 is 2.21 bits per heavy atom. The van der Waals surface area contributed by atoms with E-state index in [1.54, 1.807) is 0 Å². The third kappa shape index (κ3) is 3.74. The highest BCUT2D eigenvalue weighted by atomic mass is 32.1. The van der Waals surface area contributed by atoms with Gasteiger partial charge in [-0.2, -0.15) is 12.6 Å². The van der Waals surface area contributed by atoms with Crippen molar-refractivity contribution < 1.29 is 0 Å². The van der Waals surface area contributed by atoms with Crippen molar-refractivity contribution in [1.29, 1.82) is 0 Å². The Morgan fingerprint density at radius 1 is 1.36 bits per heavy atom. The van der Waals surface area contributed by atoms with Crippen LogP contribution in [-0.2, 0) is 13.0 Å². The summed E-state index contributed by atoms with van der Waals surface area (Å²) in [6, 6.07) is 0. The molecule has 0 bridgehead atoms. The molecule has 0 aliphatic rings. The van der Waals surface area contributed by atoms with Crippen molar-refractivity contribution >= 4 is 12.6 Å². The molecule has 3 heteroatoms. The lowest BCUT2D eigenvalue weighted by atomic mass is 10.2. The van der Waals surface area contributed by atoms with Crippen molar-refractivity contribution in [2.24, 2.45) is 0 Å². The first-order valence-electron chi connectivity index (χ1n) is 5.49. The maximum Gasteiger partial charge on any atom is 0.108 e. The second kappa shape index (κ2) is 6.93. The summed E-state index contributed by atoms with van der Waals surface area (Å²) in [7, 11) is 0. The molecule has 14 heavy (non-hydrogen) atoms. The SMILES string of the molecule is CCCc1nccn1CCCCCS. The van der Waals surface area contributed by atoms with Crippen LogP contribution in [0, 0.1) is 0 Å². The quantitative estimate of drug-likeness (QED) is 0.543. The molecule has 80 valence electrons. The van der Waals surface area contributed by atoms with Gasteiger partial charge in [0.1, 0.15) is 5.82 Å². The molecule has 0 unspecified atom stereocenters. The first-order valence-corrected chi connectivity index (χ1v) is 6.12. The molecular formula is C11H20N2S. The van der Waals surface area contributed by atoms with Gasteiger partial charge in [0.2, 0.25) is 0 Å². The van der Waals surface area contributed by atoms with Crippen LogP contribution in [-0.4, -0.2) is 15.3 Å². The van der Waals surface area contributed by atoms with Crippen LogP contribution < -0.4 is 0 Å². The molecule has 0 spiro atoms. The minimum Gasteiger partial charge on any atom is -0.335 e. The zero-order valence-corrected chi connectivity index (χ0v) is 9.84. The van der Waals surface area contributed by atoms with Crippen LogP contribution in [0.5, 0.6) is 0 Å². The maximum atomic E-state index is 4.35. The number of hydrogen-bond donors (Lipinski definition) is 1. The van der Waals surface area contributed by atoms with Crippen molar-refractivity contribution in [3.05, 3.63) is 18.2 Å². The van der Waals surface area contributed by atoms with Gasteiger partial charge in [-0.1, -0.05) is 13.3 Å². The standard InChI is InChI=1S/C11H20N2S/c1-2-6-11-12-7-9-13(11)8-4-3-5-10-14/h7,9,14H,2-6,8,10H2,1H3. The number of aryl methyl sites for hydroxylation is 2. The Hall–Kier alpha value is -0.440. The molecule has 0 aliphatic heterocycles. The monoisotopic (exact) mass is 212 g/mol. The molecule has 1 heterocycles. The maximum absolute atomic E-state index is 4.35. The van der Waals surface area contributed by atoms with Crippen LogP contribution in [0.25, 0.3) is 0 Å². The lowest BCUT2D eigenvalue weighted by Gasteiger charge is -2.06. The van der Waals surface area contributed by atoms with E-state index in [4.69, 9.17) is 0 Å². The lowest BCUT2D eigenvalue weighted by Crippen LogP contribution is -2.03. The highest BCUT2D eigenvalue weighted by Gasteiger charge is 2.00. The molecule has 1 aromatic heterocycles. The van der Waals surface area contributed by atoms with E-state index in [2.05, 4.69) is 35.3 Å². The first kappa shape index (κ1) is 11.6. The Kier molecular flexibility index (Phi) is 5.76. The minimum atomic E-state index is 1.01. The first-order chi connectivity index (χ1) is 6.88. The summed E-state index contributed by atoms with van der Waals surface area (Å²) in [5, 5.41) is 0. The topological polar surface area (TPSA) is 17.8 Å². The minimum absolute atomic E-state index is 1.01. The summed E-state index contributed by atoms with van der Waals surface area (Å²) in [5.74, 6) is 2.24. The summed E-state index contributed by atoms with van der Waals surface area (Å²) in [4.78, 5) is 4.35. The van der Waals surface area contributed by atoms with Crippen molar-refractivity contribution in [1.82, 2.24) is 9.55 Å². The van der Waals surface area contributed by atoms with E-state index in [1.165, 1.54) is 31.5 Å². The summed E-state index contributed by atoms with van der Waals surface area (Å²) in [5.41, 5.74) is 0. The van der Waals surface area contributed by atoms with E-state index in [1.807, 2.05) is 6.20 Å². The van der Waals surface area contributed by atoms with Gasteiger partial charge >= 0.3 is 0 Å². The largest absolute Gasteiger partial charge is 0.335 e. The molecule has 0 amide bonds. The highest BCUT2D eigenvalue weighted by molar-refractivity contribution is 7.80. The Labute approximate surface area is 92.1 Å². The van der Waals surface area contributed by atoms with E-state index < -0.39 is 0 Å². The molecule has 0 fully saturated rings. The van der Waals surface area contributed by atoms with Crippen LogP contribution in [0.3, 0.4) is 0 Å². The van der Waals surface area contributed by atoms with Crippen molar-refractivity contribution in [3.63, 3.8) is 0 Å². The van der Waals surface area contributed by atoms with Crippen LogP contribution in [0.15, 0.2) is 12.4 Å². The van der Waals surface area contributed by atoms with Crippen molar-refractivity contribution in [2.45, 2.75) is 45.6 Å². The molecule has 2 nitrogen and oxygen atoms in total. The molecule has 0 N–H and O–H groups in total. The van der Waals surface area contributed by atoms with Crippen molar-refractivity contribution in [3.8, 4) is 0 Å². The van der Waals surface area contributed by atoms with Gasteiger partial charge in [0.05, 0.1) is 0 Å². The summed E-state index contributed by atoms with van der Waals surface area (Å²) >= 11 is 4.20. The Bertz CT molecular complexity index is 245. The van der Waals surface area contributed by atoms with Crippen LogP contribution in [0.2, 0.25) is 0 Å². The number of hydrogen-bond acceptors (Lipinski definition) is 2. The summed E-state index contributed by atoms with van der Waals surface area (Å²) < 4.78 is 2.28. The second-order valence-corrected chi connectivity index (χ2v) is 4.02. The van der Waals surface area contributed by atoms with Gasteiger partial charge in [-0.05, 0) is 25.0 Å². The van der Waals surface area contributed by atoms with Gasteiger partial charge in [-0.15, -0.1) is 0 Å². The van der Waals surface area contributed by atoms with Crippen LogP contribution in [0.1, 0.15) is 38.4 Å². The van der Waals surface area contributed by atoms with Gasteiger partial charge in [0.25, 0.3) is 0 Å². The van der Waals surface area contributed by atoms with Gasteiger partial charge < -0.3 is 4.57 Å². The number of thiol groups is 1. The Balaban J connectivity index is 2.30. The van der Waals surface area contributed by atoms with Crippen LogP contribution >= 0.6 is 12.6 Å². The average molecular weight is 212 g/mol. The smallest absolute Gasteiger partial charge is 0.108 e. The van der Waals surface area contributed by atoms with Crippen LogP contribution in [0.4, 0.5) is 0 Å². The zero-order chi connectivity index (χ0) is 10.2. The number of aromatic nitrogens is 2. The van der Waals surface area contributed by atoms with Gasteiger partial charge in [0, 0.05) is 25.4 Å². The van der Waals surface area contributed by atoms with Crippen molar-refractivity contribution in [2.75, 3.05) is 5.75 Å². The molecule has 0 aliphatic carbocycles. The fraction of sp³-hybridized carbons (Fsp3) is 0.727. The predicted molar refractivity (Wildman–Crippen MR) is 63.9 cm³/mol. The fourth-order valence-corrected chi connectivity index (χ4v) is 1.79. The molecule has 1 rings (SSSR count). The summed E-state index contributed by atoms with van der Waals surface area (Å²) in [6.07, 6.45) is 10.0. The molecule has 0 atom stereocenters. The highest BCUT2D eigenvalue weighted by Crippen LogP contribution is 2.05. The van der Waals surface area contributed by atoms with E-state index in [0.29, 0.717) is 0 Å². The number of unbranched alkanes of at least 4 members (excludes halogenated alkanes) is 2. The molecular weight excluding hydrogens is 192 g/mol. The molecule has 0 saturated heterocycles. The molecule has 0 saturated carbocycles. The summed E-state index contributed by atoms with van der Waals surface area (Å²) in [6.45, 7) is 3.31. The van der Waals surface area contributed by atoms with Gasteiger partial charge in [0.15, 0.2) is 0 Å². The predicted octanol–water partition coefficient (Wildman–Crippen LogP) is 2.94.